The molecule has 44 heavy (non-hydrogen) atoms. The van der Waals surface area contributed by atoms with Gasteiger partial charge in [-0.05, 0) is 90.7 Å². The first-order valence-corrected chi connectivity index (χ1v) is 14.5. The number of aromatic nitrogens is 2. The molecule has 1 aliphatic rings. The average molecular weight is 591 g/mol. The van der Waals surface area contributed by atoms with Gasteiger partial charge in [0.15, 0.2) is 0 Å². The number of hydrogen-bond acceptors (Lipinski definition) is 5. The van der Waals surface area contributed by atoms with E-state index in [2.05, 4.69) is 4.57 Å². The largest absolute Gasteiger partial charge is 0.481 e. The first kappa shape index (κ1) is 28.7. The Hall–Kier alpha value is -5.44. The molecule has 0 aliphatic heterocycles. The van der Waals surface area contributed by atoms with E-state index >= 15 is 0 Å². The first-order valence-electron chi connectivity index (χ1n) is 14.5. The summed E-state index contributed by atoms with van der Waals surface area (Å²) in [6.07, 6.45) is 4.89. The maximum absolute atomic E-state index is 11.6. The van der Waals surface area contributed by atoms with Crippen molar-refractivity contribution >= 4 is 28.9 Å². The quantitative estimate of drug-likeness (QED) is 0.161. The minimum Gasteiger partial charge on any atom is -0.481 e. The van der Waals surface area contributed by atoms with Crippen LogP contribution in [0.2, 0.25) is 0 Å². The van der Waals surface area contributed by atoms with Crippen molar-refractivity contribution in [3.05, 3.63) is 119 Å². The van der Waals surface area contributed by atoms with E-state index in [-0.39, 0.29) is 22.7 Å². The summed E-state index contributed by atoms with van der Waals surface area (Å²) in [4.78, 5) is 39.3. The molecule has 0 spiro atoms. The summed E-state index contributed by atoms with van der Waals surface area (Å²) in [5, 5.41) is 28.2. The summed E-state index contributed by atoms with van der Waals surface area (Å²) < 4.78 is 8.68. The van der Waals surface area contributed by atoms with Gasteiger partial charge in [0.25, 0.3) is 0 Å². The van der Waals surface area contributed by atoms with Gasteiger partial charge in [-0.3, -0.25) is 0 Å². The molecule has 9 heteroatoms. The Morgan fingerprint density at radius 2 is 1.20 bits per heavy atom. The molecule has 5 aromatic rings. The van der Waals surface area contributed by atoms with Crippen LogP contribution in [0.4, 0.5) is 0 Å². The molecular weight excluding hydrogens is 560 g/mol. The molecule has 1 heterocycles. The Balaban J connectivity index is 1.35. The van der Waals surface area contributed by atoms with Crippen molar-refractivity contribution in [1.82, 2.24) is 9.55 Å². The van der Waals surface area contributed by atoms with Crippen molar-refractivity contribution in [2.24, 2.45) is 0 Å². The molecule has 6 rings (SSSR count). The number of rotatable bonds is 9. The second-order valence-corrected chi connectivity index (χ2v) is 11.0. The molecule has 0 saturated heterocycles. The minimum atomic E-state index is -1.03. The zero-order valence-electron chi connectivity index (χ0n) is 23.7. The Bertz CT molecular complexity index is 1780. The summed E-state index contributed by atoms with van der Waals surface area (Å²) in [5.74, 6) is -1.74. The first-order chi connectivity index (χ1) is 21.3. The monoisotopic (exact) mass is 590 g/mol. The van der Waals surface area contributed by atoms with Gasteiger partial charge in [-0.15, -0.1) is 0 Å². The lowest BCUT2D eigenvalue weighted by molar-refractivity contribution is 0.0686. The molecule has 0 atom stereocenters. The highest BCUT2D eigenvalue weighted by molar-refractivity contribution is 5.93. The second-order valence-electron chi connectivity index (χ2n) is 11.0. The molecule has 4 aromatic carbocycles. The van der Waals surface area contributed by atoms with Gasteiger partial charge < -0.3 is 24.6 Å². The van der Waals surface area contributed by atoms with E-state index in [0.717, 1.165) is 42.6 Å². The van der Waals surface area contributed by atoms with E-state index in [0.29, 0.717) is 22.4 Å². The molecule has 1 saturated carbocycles. The van der Waals surface area contributed by atoms with Crippen LogP contribution in [0.15, 0.2) is 91.0 Å². The Morgan fingerprint density at radius 1 is 0.682 bits per heavy atom. The Labute approximate surface area is 253 Å². The molecular formula is C35H30N2O7. The summed E-state index contributed by atoms with van der Waals surface area (Å²) in [6, 6.07) is 25.7. The van der Waals surface area contributed by atoms with E-state index in [1.165, 1.54) is 30.7 Å². The maximum atomic E-state index is 11.6. The predicted octanol–water partition coefficient (Wildman–Crippen LogP) is 7.47. The van der Waals surface area contributed by atoms with Crippen LogP contribution in [0, 0.1) is 0 Å². The van der Waals surface area contributed by atoms with Gasteiger partial charge in [-0.2, -0.15) is 0 Å². The number of hydrogen-bond donors (Lipinski definition) is 3. The van der Waals surface area contributed by atoms with Gasteiger partial charge >= 0.3 is 17.9 Å². The summed E-state index contributed by atoms with van der Waals surface area (Å²) in [5.41, 5.74) is 4.31. The molecule has 1 fully saturated rings. The molecule has 1 aliphatic carbocycles. The summed E-state index contributed by atoms with van der Waals surface area (Å²) in [7, 11) is 0. The zero-order valence-corrected chi connectivity index (χ0v) is 23.7. The van der Waals surface area contributed by atoms with E-state index in [9.17, 15) is 29.7 Å². The number of aromatic carboxylic acids is 3. The van der Waals surface area contributed by atoms with E-state index < -0.39 is 24.0 Å². The number of carbonyl (C=O) groups is 3. The lowest BCUT2D eigenvalue weighted by Gasteiger charge is -2.26. The highest BCUT2D eigenvalue weighted by atomic mass is 16.5. The van der Waals surface area contributed by atoms with Crippen LogP contribution < -0.4 is 4.74 Å². The fourth-order valence-electron chi connectivity index (χ4n) is 5.89. The lowest BCUT2D eigenvalue weighted by atomic mass is 9.95. The highest BCUT2D eigenvalue weighted by Crippen LogP contribution is 2.37. The maximum Gasteiger partial charge on any atom is 0.335 e. The van der Waals surface area contributed by atoms with Crippen LogP contribution in [0.5, 0.6) is 5.75 Å². The third-order valence-corrected chi connectivity index (χ3v) is 8.16. The fraction of sp³-hybridized carbons (Fsp3) is 0.200. The topological polar surface area (TPSA) is 139 Å². The summed E-state index contributed by atoms with van der Waals surface area (Å²) >= 11 is 0. The number of ether oxygens (including phenoxy) is 1. The minimum absolute atomic E-state index is 0.148. The number of nitrogens with zero attached hydrogens (tertiary/aromatic N) is 2. The number of benzene rings is 4. The summed E-state index contributed by atoms with van der Waals surface area (Å²) in [6.45, 7) is 0. The van der Waals surface area contributed by atoms with Gasteiger partial charge in [0.1, 0.15) is 17.7 Å². The van der Waals surface area contributed by atoms with Gasteiger partial charge in [-0.25, -0.2) is 19.4 Å². The predicted molar refractivity (Wildman–Crippen MR) is 164 cm³/mol. The van der Waals surface area contributed by atoms with E-state index in [4.69, 9.17) is 9.72 Å². The fourth-order valence-corrected chi connectivity index (χ4v) is 5.89. The van der Waals surface area contributed by atoms with Crippen molar-refractivity contribution < 1.29 is 34.4 Å². The number of carboxylic acids is 3. The van der Waals surface area contributed by atoms with Crippen molar-refractivity contribution in [2.45, 2.75) is 44.2 Å². The van der Waals surface area contributed by atoms with Crippen LogP contribution in [0.3, 0.4) is 0 Å². The lowest BCUT2D eigenvalue weighted by Crippen LogP contribution is -2.14. The Morgan fingerprint density at radius 3 is 1.73 bits per heavy atom. The molecule has 0 unspecified atom stereocenters. The number of imidazole rings is 1. The third-order valence-electron chi connectivity index (χ3n) is 8.16. The zero-order chi connectivity index (χ0) is 30.8. The molecule has 0 bridgehead atoms. The molecule has 1 aromatic heterocycles. The number of carboxylic acid groups (broad SMARTS) is 3. The van der Waals surface area contributed by atoms with Crippen LogP contribution in [0.25, 0.3) is 22.4 Å². The van der Waals surface area contributed by atoms with Gasteiger partial charge in [-0.1, -0.05) is 43.5 Å². The molecule has 9 nitrogen and oxygen atoms in total. The van der Waals surface area contributed by atoms with Crippen molar-refractivity contribution in [1.29, 1.82) is 0 Å². The molecule has 222 valence electrons. The van der Waals surface area contributed by atoms with E-state index in [1.807, 2.05) is 30.3 Å². The van der Waals surface area contributed by atoms with Gasteiger partial charge in [0.2, 0.25) is 0 Å². The SMILES string of the molecule is O=C(O)c1ccc(C(Oc2ccc(-c3nc4cc(C(=O)O)ccc4n3C3CCCCC3)cc2)c2ccc(C(=O)O)cc2)cc1. The smallest absolute Gasteiger partial charge is 0.335 e. The Kier molecular flexibility index (Phi) is 7.85. The van der Waals surface area contributed by atoms with Gasteiger partial charge in [0, 0.05) is 11.6 Å². The number of fused-ring (bicyclic) bond motifs is 1. The average Bonchev–Trinajstić information content (AvgIpc) is 3.43. The van der Waals surface area contributed by atoms with Crippen LogP contribution in [0.1, 0.15) is 86.5 Å². The van der Waals surface area contributed by atoms with E-state index in [1.54, 1.807) is 36.4 Å². The standard InChI is InChI=1S/C35H30N2O7/c38-33(39)24-10-6-21(7-11-24)31(22-8-12-25(13-9-22)34(40)41)44-28-17-14-23(15-18-28)32-36-29-20-26(35(42)43)16-19-30(29)37(32)27-4-2-1-3-5-27/h6-20,27,31H,1-5H2,(H,38,39)(H,40,41)(H,42,43). The van der Waals surface area contributed by atoms with Gasteiger partial charge in [0.05, 0.1) is 27.7 Å². The highest BCUT2D eigenvalue weighted by Gasteiger charge is 2.24. The van der Waals surface area contributed by atoms with Crippen LogP contribution in [-0.2, 0) is 0 Å². The van der Waals surface area contributed by atoms with Crippen LogP contribution >= 0.6 is 0 Å². The van der Waals surface area contributed by atoms with Crippen molar-refractivity contribution in [3.63, 3.8) is 0 Å². The second kappa shape index (κ2) is 12.0. The van der Waals surface area contributed by atoms with Crippen molar-refractivity contribution in [2.75, 3.05) is 0 Å². The third kappa shape index (κ3) is 5.76. The molecule has 0 radical (unpaired) electrons. The molecule has 0 amide bonds. The van der Waals surface area contributed by atoms with Crippen LogP contribution in [-0.4, -0.2) is 42.8 Å². The molecule has 3 N–H and O–H groups in total. The van der Waals surface area contributed by atoms with Crippen molar-refractivity contribution in [3.8, 4) is 17.1 Å². The normalized spacial score (nSPS) is 13.7.